The molecular formula is C17H13ClFN5O2. The number of anilines is 2. The Hall–Kier alpha value is -3.39. The Morgan fingerprint density at radius 1 is 1.35 bits per heavy atom. The average Bonchev–Trinajstić information content (AvgIpc) is 2.97. The highest BCUT2D eigenvalue weighted by Crippen LogP contribution is 2.27. The molecule has 2 aromatic carbocycles. The molecule has 1 aromatic heterocycles. The van der Waals surface area contributed by atoms with Crippen molar-refractivity contribution in [1.82, 2.24) is 10.2 Å². The minimum absolute atomic E-state index is 0.0304. The van der Waals surface area contributed by atoms with Crippen LogP contribution < -0.4 is 11.1 Å². The molecule has 0 aliphatic heterocycles. The van der Waals surface area contributed by atoms with Gasteiger partial charge in [-0.25, -0.2) is 9.38 Å². The van der Waals surface area contributed by atoms with Crippen LogP contribution in [-0.2, 0) is 0 Å². The van der Waals surface area contributed by atoms with Crippen LogP contribution in [0.1, 0.15) is 15.9 Å². The van der Waals surface area contributed by atoms with Gasteiger partial charge in [-0.1, -0.05) is 17.7 Å². The van der Waals surface area contributed by atoms with Gasteiger partial charge in [-0.15, -0.1) is 0 Å². The fraction of sp³-hybridized carbons (Fsp3) is 0. The van der Waals surface area contributed by atoms with Gasteiger partial charge in [0.25, 0.3) is 5.91 Å². The molecule has 7 nitrogen and oxygen atoms in total. The number of hydrogen-bond donors (Lipinski definition) is 4. The second-order valence-electron chi connectivity index (χ2n) is 5.26. The number of aromatic nitrogens is 2. The van der Waals surface area contributed by atoms with Crippen molar-refractivity contribution >= 4 is 41.0 Å². The summed E-state index contributed by atoms with van der Waals surface area (Å²) in [7, 11) is 0. The number of rotatable bonds is 5. The molecule has 3 aromatic rings. The molecular weight excluding hydrogens is 361 g/mol. The molecule has 0 aliphatic rings. The van der Waals surface area contributed by atoms with Crippen molar-refractivity contribution in [3.05, 3.63) is 64.4 Å². The summed E-state index contributed by atoms with van der Waals surface area (Å²) < 4.78 is 13.0. The standard InChI is InChI=1S/C17H13ClFN5O2/c18-10-2-1-3-12(6-10)22-17-14(15(20)26)16(23-24-17)21-8-9-4-5-11(19)7-13(9)25/h1-8,25H,(H2,20,26)(H2,22,23,24)/b21-8+. The molecule has 0 atom stereocenters. The monoisotopic (exact) mass is 373 g/mol. The van der Waals surface area contributed by atoms with Gasteiger partial charge in [0.1, 0.15) is 17.1 Å². The Kier molecular flexibility index (Phi) is 4.85. The number of H-pyrrole nitrogens is 1. The molecule has 5 N–H and O–H groups in total. The number of nitrogens with two attached hydrogens (primary N) is 1. The van der Waals surface area contributed by atoms with Crippen molar-refractivity contribution in [3.8, 4) is 5.75 Å². The number of hydrogen-bond acceptors (Lipinski definition) is 5. The number of primary amides is 1. The molecule has 0 radical (unpaired) electrons. The first-order valence-electron chi connectivity index (χ1n) is 7.37. The third-order valence-corrected chi connectivity index (χ3v) is 3.64. The summed E-state index contributed by atoms with van der Waals surface area (Å²) in [4.78, 5) is 15.9. The minimum atomic E-state index is -0.751. The van der Waals surface area contributed by atoms with Crippen LogP contribution in [0.2, 0.25) is 5.02 Å². The SMILES string of the molecule is NC(=O)c1c(Nc2cccc(Cl)c2)n[nH]c1/N=C/c1ccc(F)cc1O. The summed E-state index contributed by atoms with van der Waals surface area (Å²) >= 11 is 5.93. The van der Waals surface area contributed by atoms with Gasteiger partial charge in [0.2, 0.25) is 0 Å². The largest absolute Gasteiger partial charge is 0.507 e. The summed E-state index contributed by atoms with van der Waals surface area (Å²) in [6.45, 7) is 0. The average molecular weight is 374 g/mol. The first-order chi connectivity index (χ1) is 12.4. The van der Waals surface area contributed by atoms with Gasteiger partial charge in [-0.05, 0) is 30.3 Å². The zero-order valence-corrected chi connectivity index (χ0v) is 14.0. The first-order valence-corrected chi connectivity index (χ1v) is 7.75. The number of carbonyl (C=O) groups excluding carboxylic acids is 1. The van der Waals surface area contributed by atoms with E-state index in [0.29, 0.717) is 10.7 Å². The smallest absolute Gasteiger partial charge is 0.256 e. The summed E-state index contributed by atoms with van der Waals surface area (Å²) in [6, 6.07) is 10.3. The normalized spacial score (nSPS) is 11.0. The Morgan fingerprint density at radius 2 is 2.15 bits per heavy atom. The van der Waals surface area contributed by atoms with Crippen LogP contribution in [0.3, 0.4) is 0 Å². The van der Waals surface area contributed by atoms with Gasteiger partial charge in [-0.2, -0.15) is 5.10 Å². The molecule has 0 fully saturated rings. The first kappa shape index (κ1) is 17.4. The van der Waals surface area contributed by atoms with Crippen LogP contribution in [0.15, 0.2) is 47.5 Å². The van der Waals surface area contributed by atoms with Crippen molar-refractivity contribution in [2.75, 3.05) is 5.32 Å². The maximum absolute atomic E-state index is 13.0. The van der Waals surface area contributed by atoms with Crippen molar-refractivity contribution < 1.29 is 14.3 Å². The van der Waals surface area contributed by atoms with E-state index in [4.69, 9.17) is 17.3 Å². The van der Waals surface area contributed by atoms with Gasteiger partial charge in [0, 0.05) is 28.6 Å². The van der Waals surface area contributed by atoms with Gasteiger partial charge in [-0.3, -0.25) is 9.89 Å². The van der Waals surface area contributed by atoms with E-state index < -0.39 is 11.7 Å². The lowest BCUT2D eigenvalue weighted by Gasteiger charge is -2.05. The summed E-state index contributed by atoms with van der Waals surface area (Å²) in [6.07, 6.45) is 1.26. The Balaban J connectivity index is 1.92. The second kappa shape index (κ2) is 7.24. The van der Waals surface area contributed by atoms with Crippen LogP contribution in [0, 0.1) is 5.82 Å². The zero-order valence-electron chi connectivity index (χ0n) is 13.2. The van der Waals surface area contributed by atoms with E-state index in [2.05, 4.69) is 20.5 Å². The molecule has 9 heteroatoms. The zero-order chi connectivity index (χ0) is 18.7. The maximum atomic E-state index is 13.0. The highest BCUT2D eigenvalue weighted by molar-refractivity contribution is 6.30. The highest BCUT2D eigenvalue weighted by atomic mass is 35.5. The van der Waals surface area contributed by atoms with E-state index in [1.165, 1.54) is 18.3 Å². The number of aromatic amines is 1. The van der Waals surface area contributed by atoms with Crippen LogP contribution in [0.5, 0.6) is 5.75 Å². The number of carbonyl (C=O) groups is 1. The van der Waals surface area contributed by atoms with Crippen LogP contribution in [0.4, 0.5) is 21.7 Å². The molecule has 0 aliphatic carbocycles. The van der Waals surface area contributed by atoms with Crippen molar-refractivity contribution in [2.24, 2.45) is 10.7 Å². The molecule has 0 saturated carbocycles. The number of nitrogens with one attached hydrogen (secondary N) is 2. The van der Waals surface area contributed by atoms with Crippen molar-refractivity contribution in [1.29, 1.82) is 0 Å². The third kappa shape index (κ3) is 3.81. The molecule has 1 heterocycles. The maximum Gasteiger partial charge on any atom is 0.256 e. The summed E-state index contributed by atoms with van der Waals surface area (Å²) in [5.41, 5.74) is 6.33. The summed E-state index contributed by atoms with van der Waals surface area (Å²) in [5.74, 6) is -1.35. The number of nitrogens with zero attached hydrogens (tertiary/aromatic N) is 2. The second-order valence-corrected chi connectivity index (χ2v) is 5.69. The van der Waals surface area contributed by atoms with Gasteiger partial charge in [0.05, 0.1) is 0 Å². The molecule has 0 unspecified atom stereocenters. The van der Waals surface area contributed by atoms with Gasteiger partial charge < -0.3 is 16.2 Å². The van der Waals surface area contributed by atoms with Crippen LogP contribution in [-0.4, -0.2) is 27.4 Å². The van der Waals surface area contributed by atoms with Gasteiger partial charge >= 0.3 is 0 Å². The topological polar surface area (TPSA) is 116 Å². The van der Waals surface area contributed by atoms with Crippen molar-refractivity contribution in [3.63, 3.8) is 0 Å². The van der Waals surface area contributed by atoms with E-state index in [1.807, 2.05) is 0 Å². The minimum Gasteiger partial charge on any atom is -0.507 e. The lowest BCUT2D eigenvalue weighted by atomic mass is 10.2. The highest BCUT2D eigenvalue weighted by Gasteiger charge is 2.18. The van der Waals surface area contributed by atoms with E-state index in [0.717, 1.165) is 6.07 Å². The molecule has 3 rings (SSSR count). The molecule has 1 amide bonds. The fourth-order valence-electron chi connectivity index (χ4n) is 2.21. The predicted octanol–water partition coefficient (Wildman–Crippen LogP) is 3.50. The number of aromatic hydroxyl groups is 1. The lowest BCUT2D eigenvalue weighted by molar-refractivity contribution is 0.100. The molecule has 0 saturated heterocycles. The number of phenolic OH excluding ortho intramolecular Hbond substituents is 1. The van der Waals surface area contributed by atoms with Crippen molar-refractivity contribution in [2.45, 2.75) is 0 Å². The van der Waals surface area contributed by atoms with E-state index in [-0.39, 0.29) is 28.5 Å². The molecule has 26 heavy (non-hydrogen) atoms. The quantitative estimate of drug-likeness (QED) is 0.512. The lowest BCUT2D eigenvalue weighted by Crippen LogP contribution is -2.12. The number of halogens is 2. The molecule has 0 bridgehead atoms. The van der Waals surface area contributed by atoms with E-state index in [9.17, 15) is 14.3 Å². The third-order valence-electron chi connectivity index (χ3n) is 3.41. The van der Waals surface area contributed by atoms with E-state index >= 15 is 0 Å². The van der Waals surface area contributed by atoms with Gasteiger partial charge in [0.15, 0.2) is 11.6 Å². The number of aliphatic imine (C=N–C) groups is 1. The molecule has 0 spiro atoms. The van der Waals surface area contributed by atoms with Crippen LogP contribution >= 0.6 is 11.6 Å². The summed E-state index contributed by atoms with van der Waals surface area (Å²) in [5, 5.41) is 19.7. The number of phenols is 1. The Morgan fingerprint density at radius 3 is 2.85 bits per heavy atom. The number of benzene rings is 2. The Labute approximate surface area is 152 Å². The molecule has 132 valence electrons. The van der Waals surface area contributed by atoms with Crippen LogP contribution in [0.25, 0.3) is 0 Å². The fourth-order valence-corrected chi connectivity index (χ4v) is 2.40. The predicted molar refractivity (Wildman–Crippen MR) is 97.2 cm³/mol. The Bertz CT molecular complexity index is 1000. The number of amides is 1. The van der Waals surface area contributed by atoms with E-state index in [1.54, 1.807) is 24.3 Å².